The summed E-state index contributed by atoms with van der Waals surface area (Å²) in [6.45, 7) is 18.5. The molecule has 30 heavy (non-hydrogen) atoms. The van der Waals surface area contributed by atoms with Gasteiger partial charge in [-0.15, -0.1) is 0 Å². The zero-order valence-electron chi connectivity index (χ0n) is 20.6. The fourth-order valence-electron chi connectivity index (χ4n) is 3.54. The third-order valence-electron chi connectivity index (χ3n) is 5.58. The molecule has 0 heterocycles. The summed E-state index contributed by atoms with van der Waals surface area (Å²) in [7, 11) is 0. The van der Waals surface area contributed by atoms with E-state index in [1.807, 2.05) is 13.8 Å². The van der Waals surface area contributed by atoms with Crippen LogP contribution >= 0.6 is 0 Å². The first-order chi connectivity index (χ1) is 14.3. The zero-order chi connectivity index (χ0) is 23.1. The van der Waals surface area contributed by atoms with Gasteiger partial charge in [-0.2, -0.15) is 0 Å². The molecule has 4 atom stereocenters. The van der Waals surface area contributed by atoms with Gasteiger partial charge in [0.2, 0.25) is 0 Å². The molecule has 0 aliphatic heterocycles. The Morgan fingerprint density at radius 2 is 1.00 bits per heavy atom. The van der Waals surface area contributed by atoms with Crippen molar-refractivity contribution in [1.29, 1.82) is 0 Å². The van der Waals surface area contributed by atoms with Crippen LogP contribution in [0.4, 0.5) is 0 Å². The molecule has 0 rings (SSSR count). The Morgan fingerprint density at radius 1 is 0.667 bits per heavy atom. The predicted molar refractivity (Wildman–Crippen MR) is 123 cm³/mol. The van der Waals surface area contributed by atoms with Gasteiger partial charge in [-0.3, -0.25) is 9.80 Å². The lowest BCUT2D eigenvalue weighted by Crippen LogP contribution is -2.44. The molecule has 0 fully saturated rings. The molecule has 176 valence electrons. The van der Waals surface area contributed by atoms with Gasteiger partial charge in [0.15, 0.2) is 12.5 Å². The monoisotopic (exact) mass is 426 g/mol. The highest BCUT2D eigenvalue weighted by atomic mass is 16.6. The number of ether oxygens (including phenoxy) is 2. The van der Waals surface area contributed by atoms with Gasteiger partial charge in [-0.05, 0) is 52.4 Å². The first-order valence-electron chi connectivity index (χ1n) is 11.9. The lowest BCUT2D eigenvalue weighted by molar-refractivity contribution is -0.158. The smallest absolute Gasteiger partial charge is 0.332 e. The Kier molecular flexibility index (Phi) is 15.6. The van der Waals surface area contributed by atoms with E-state index in [1.165, 1.54) is 12.2 Å². The van der Waals surface area contributed by atoms with Crippen molar-refractivity contribution >= 4 is 11.9 Å². The van der Waals surface area contributed by atoms with Crippen LogP contribution in [0.25, 0.3) is 0 Å². The van der Waals surface area contributed by atoms with Gasteiger partial charge < -0.3 is 9.47 Å². The molecule has 0 spiro atoms. The molecule has 0 aliphatic rings. The van der Waals surface area contributed by atoms with E-state index in [9.17, 15) is 9.59 Å². The van der Waals surface area contributed by atoms with E-state index in [2.05, 4.69) is 51.3 Å². The molecule has 0 aromatic carbocycles. The molecule has 0 amide bonds. The van der Waals surface area contributed by atoms with Crippen LogP contribution in [0.2, 0.25) is 0 Å². The number of esters is 2. The van der Waals surface area contributed by atoms with E-state index in [4.69, 9.17) is 9.47 Å². The van der Waals surface area contributed by atoms with E-state index >= 15 is 0 Å². The maximum atomic E-state index is 12.3. The molecule has 0 N–H and O–H groups in total. The zero-order valence-corrected chi connectivity index (χ0v) is 20.6. The Bertz CT molecular complexity index is 465. The third kappa shape index (κ3) is 10.1. The van der Waals surface area contributed by atoms with Gasteiger partial charge in [0.25, 0.3) is 0 Å². The molecule has 4 unspecified atom stereocenters. The predicted octanol–water partition coefficient (Wildman–Crippen LogP) is 5.12. The van der Waals surface area contributed by atoms with Crippen molar-refractivity contribution in [1.82, 2.24) is 9.80 Å². The van der Waals surface area contributed by atoms with Crippen LogP contribution in [0.5, 0.6) is 0 Å². The molecule has 6 nitrogen and oxygen atoms in total. The fraction of sp³-hybridized carbons (Fsp3) is 0.833. The van der Waals surface area contributed by atoms with E-state index in [0.29, 0.717) is 24.9 Å². The second-order valence-electron chi connectivity index (χ2n) is 7.92. The summed E-state index contributed by atoms with van der Waals surface area (Å²) >= 11 is 0. The van der Waals surface area contributed by atoms with E-state index in [0.717, 1.165) is 38.8 Å². The van der Waals surface area contributed by atoms with Crippen molar-refractivity contribution in [3.63, 3.8) is 0 Å². The minimum Gasteiger partial charge on any atom is -0.443 e. The van der Waals surface area contributed by atoms with Crippen molar-refractivity contribution in [2.24, 2.45) is 0 Å². The molecule has 0 aliphatic carbocycles. The molecule has 0 aromatic heterocycles. The van der Waals surface area contributed by atoms with E-state index < -0.39 is 11.9 Å². The summed E-state index contributed by atoms with van der Waals surface area (Å²) in [6, 6.07) is 0.652. The molecule has 0 radical (unpaired) electrons. The highest BCUT2D eigenvalue weighted by Gasteiger charge is 2.25. The SMILES string of the molecule is CCCN(C(C)CC)C(CC)OC(=O)/C=C\C(=O)OC(CC)N(CCC)C(C)CC. The summed E-state index contributed by atoms with van der Waals surface area (Å²) in [5.74, 6) is -1.02. The number of carbonyl (C=O) groups excluding carboxylic acids is 2. The molecule has 0 saturated carbocycles. The summed E-state index contributed by atoms with van der Waals surface area (Å²) in [5.41, 5.74) is 0. The lowest BCUT2D eigenvalue weighted by atomic mass is 10.2. The summed E-state index contributed by atoms with van der Waals surface area (Å²) < 4.78 is 11.3. The Hall–Kier alpha value is -1.40. The topological polar surface area (TPSA) is 59.1 Å². The molecule has 0 bridgehead atoms. The van der Waals surface area contributed by atoms with Crippen LogP contribution in [-0.4, -0.2) is 59.4 Å². The number of hydrogen-bond acceptors (Lipinski definition) is 6. The van der Waals surface area contributed by atoms with Gasteiger partial charge in [0, 0.05) is 37.3 Å². The van der Waals surface area contributed by atoms with Crippen LogP contribution in [-0.2, 0) is 19.1 Å². The second kappa shape index (κ2) is 16.3. The fourth-order valence-corrected chi connectivity index (χ4v) is 3.54. The third-order valence-corrected chi connectivity index (χ3v) is 5.58. The van der Waals surface area contributed by atoms with Gasteiger partial charge in [0.1, 0.15) is 0 Å². The van der Waals surface area contributed by atoms with E-state index in [-0.39, 0.29) is 12.5 Å². The van der Waals surface area contributed by atoms with Crippen LogP contribution < -0.4 is 0 Å². The van der Waals surface area contributed by atoms with Crippen molar-refractivity contribution in [3.8, 4) is 0 Å². The molecule has 0 saturated heterocycles. The minimum atomic E-state index is -0.511. The van der Waals surface area contributed by atoms with Crippen LogP contribution in [0.3, 0.4) is 0 Å². The van der Waals surface area contributed by atoms with Crippen LogP contribution in [0.1, 0.15) is 93.9 Å². The number of rotatable bonds is 16. The molecular weight excluding hydrogens is 380 g/mol. The minimum absolute atomic E-state index is 0.290. The maximum absolute atomic E-state index is 12.3. The van der Waals surface area contributed by atoms with E-state index in [1.54, 1.807) is 0 Å². The highest BCUT2D eigenvalue weighted by molar-refractivity contribution is 5.91. The summed E-state index contributed by atoms with van der Waals surface area (Å²) in [5, 5.41) is 0. The standard InChI is InChI=1S/C24H46N2O4/c1-9-17-25(19(7)11-3)21(13-5)29-23(27)15-16-24(28)30-22(14-6)26(18-10-2)20(8)12-4/h15-16,19-22H,9-14,17-18H2,1-8H3/b16-15-. The van der Waals surface area contributed by atoms with Crippen LogP contribution in [0, 0.1) is 0 Å². The number of nitrogens with zero attached hydrogens (tertiary/aromatic N) is 2. The average molecular weight is 427 g/mol. The Labute approximate surface area is 185 Å². The van der Waals surface area contributed by atoms with Gasteiger partial charge in [-0.25, -0.2) is 9.59 Å². The first-order valence-corrected chi connectivity index (χ1v) is 11.9. The van der Waals surface area contributed by atoms with Crippen LogP contribution in [0.15, 0.2) is 12.2 Å². The normalized spacial score (nSPS) is 15.9. The maximum Gasteiger partial charge on any atom is 0.332 e. The summed E-state index contributed by atoms with van der Waals surface area (Å²) in [6.07, 6.45) is 7.15. The number of carbonyl (C=O) groups is 2. The number of hydrogen-bond donors (Lipinski definition) is 0. The molecule has 6 heteroatoms. The molecule has 0 aromatic rings. The Balaban J connectivity index is 4.99. The average Bonchev–Trinajstić information content (AvgIpc) is 2.75. The van der Waals surface area contributed by atoms with Gasteiger partial charge in [-0.1, -0.05) is 41.5 Å². The first kappa shape index (κ1) is 28.6. The molecular formula is C24H46N2O4. The van der Waals surface area contributed by atoms with Crippen molar-refractivity contribution in [2.75, 3.05) is 13.1 Å². The van der Waals surface area contributed by atoms with Crippen molar-refractivity contribution in [3.05, 3.63) is 12.2 Å². The van der Waals surface area contributed by atoms with Gasteiger partial charge in [0.05, 0.1) is 0 Å². The largest absolute Gasteiger partial charge is 0.443 e. The van der Waals surface area contributed by atoms with Crippen molar-refractivity contribution in [2.45, 2.75) is 118 Å². The summed E-state index contributed by atoms with van der Waals surface area (Å²) in [4.78, 5) is 29.1. The Morgan fingerprint density at radius 3 is 1.23 bits per heavy atom. The quantitative estimate of drug-likeness (QED) is 0.194. The second-order valence-corrected chi connectivity index (χ2v) is 7.92. The lowest BCUT2D eigenvalue weighted by Gasteiger charge is -2.34. The highest BCUT2D eigenvalue weighted by Crippen LogP contribution is 2.16. The van der Waals surface area contributed by atoms with Gasteiger partial charge >= 0.3 is 11.9 Å². The van der Waals surface area contributed by atoms with Crippen molar-refractivity contribution < 1.29 is 19.1 Å².